The van der Waals surface area contributed by atoms with Crippen molar-refractivity contribution in [2.75, 3.05) is 0 Å². The summed E-state index contributed by atoms with van der Waals surface area (Å²) in [5.41, 5.74) is 1.48. The summed E-state index contributed by atoms with van der Waals surface area (Å²) in [6, 6.07) is 11.7. The zero-order chi connectivity index (χ0) is 14.3. The number of aryl methyl sites for hydroxylation is 1. The van der Waals surface area contributed by atoms with E-state index in [1.807, 2.05) is 6.07 Å². The number of rotatable bonds is 2. The molecule has 0 fully saturated rings. The number of aliphatic hydroxyl groups excluding tert-OH is 1. The predicted molar refractivity (Wildman–Crippen MR) is 76.4 cm³/mol. The highest BCUT2D eigenvalue weighted by atomic mass is 35.5. The Labute approximate surface area is 120 Å². The minimum absolute atomic E-state index is 0.186. The Hall–Kier alpha value is -1.84. The third kappa shape index (κ3) is 2.19. The number of hydrogen-bond acceptors (Lipinski definition) is 2. The first kappa shape index (κ1) is 13.2. The van der Waals surface area contributed by atoms with E-state index in [9.17, 15) is 9.50 Å². The van der Waals surface area contributed by atoms with Gasteiger partial charge in [0.25, 0.3) is 0 Å². The molecule has 0 saturated carbocycles. The van der Waals surface area contributed by atoms with E-state index in [1.54, 1.807) is 37.3 Å². The van der Waals surface area contributed by atoms with Gasteiger partial charge in [-0.1, -0.05) is 35.9 Å². The van der Waals surface area contributed by atoms with Crippen LogP contribution in [0, 0.1) is 12.7 Å². The summed E-state index contributed by atoms with van der Waals surface area (Å²) >= 11 is 6.02. The van der Waals surface area contributed by atoms with Gasteiger partial charge in [0.2, 0.25) is 0 Å². The maximum Gasteiger partial charge on any atom is 0.153 e. The highest BCUT2D eigenvalue weighted by Gasteiger charge is 2.19. The summed E-state index contributed by atoms with van der Waals surface area (Å²) in [6.45, 7) is 1.79. The molecule has 4 heteroatoms. The van der Waals surface area contributed by atoms with Crippen molar-refractivity contribution < 1.29 is 13.9 Å². The Bertz CT molecular complexity index is 779. The molecular weight excluding hydrogens is 279 g/mol. The second-order valence-electron chi connectivity index (χ2n) is 4.73. The molecule has 2 aromatic carbocycles. The molecule has 0 aliphatic carbocycles. The maximum atomic E-state index is 13.9. The van der Waals surface area contributed by atoms with Gasteiger partial charge >= 0.3 is 0 Å². The van der Waals surface area contributed by atoms with Crippen LogP contribution in [-0.4, -0.2) is 5.11 Å². The quantitative estimate of drug-likeness (QED) is 0.747. The van der Waals surface area contributed by atoms with E-state index in [0.717, 1.165) is 10.9 Å². The topological polar surface area (TPSA) is 33.4 Å². The summed E-state index contributed by atoms with van der Waals surface area (Å²) in [5, 5.41) is 11.5. The minimum atomic E-state index is -1.15. The Morgan fingerprint density at radius 3 is 2.70 bits per heavy atom. The van der Waals surface area contributed by atoms with Crippen LogP contribution in [0.3, 0.4) is 0 Å². The Balaban J connectivity index is 2.08. The monoisotopic (exact) mass is 290 g/mol. The van der Waals surface area contributed by atoms with E-state index in [0.29, 0.717) is 10.6 Å². The molecule has 0 spiro atoms. The van der Waals surface area contributed by atoms with Gasteiger partial charge in [0.05, 0.1) is 5.02 Å². The van der Waals surface area contributed by atoms with Gasteiger partial charge in [-0.3, -0.25) is 0 Å². The molecule has 20 heavy (non-hydrogen) atoms. The second kappa shape index (κ2) is 4.93. The van der Waals surface area contributed by atoms with Crippen molar-refractivity contribution in [3.8, 4) is 0 Å². The number of benzene rings is 2. The Morgan fingerprint density at radius 1 is 1.20 bits per heavy atom. The van der Waals surface area contributed by atoms with Crippen molar-refractivity contribution in [1.29, 1.82) is 0 Å². The third-order valence-electron chi connectivity index (χ3n) is 3.24. The first-order chi connectivity index (χ1) is 9.56. The van der Waals surface area contributed by atoms with Crippen LogP contribution in [0.1, 0.15) is 23.0 Å². The molecule has 0 radical (unpaired) electrons. The normalized spacial score (nSPS) is 12.8. The van der Waals surface area contributed by atoms with Crippen LogP contribution in [0.25, 0.3) is 11.0 Å². The van der Waals surface area contributed by atoms with Crippen molar-refractivity contribution in [3.63, 3.8) is 0 Å². The summed E-state index contributed by atoms with van der Waals surface area (Å²) in [4.78, 5) is 0. The zero-order valence-electron chi connectivity index (χ0n) is 10.7. The summed E-state index contributed by atoms with van der Waals surface area (Å²) in [7, 11) is 0. The average molecular weight is 291 g/mol. The lowest BCUT2D eigenvalue weighted by Crippen LogP contribution is -2.01. The van der Waals surface area contributed by atoms with Crippen LogP contribution in [0.2, 0.25) is 5.02 Å². The number of aliphatic hydroxyl groups is 1. The van der Waals surface area contributed by atoms with Gasteiger partial charge < -0.3 is 9.52 Å². The molecule has 3 rings (SSSR count). The summed E-state index contributed by atoms with van der Waals surface area (Å²) < 4.78 is 19.4. The van der Waals surface area contributed by atoms with Crippen molar-refractivity contribution in [2.45, 2.75) is 13.0 Å². The SMILES string of the molecule is Cc1ccc(C(O)c2cc3cccc(Cl)c3o2)c(F)c1. The maximum absolute atomic E-state index is 13.9. The minimum Gasteiger partial charge on any atom is -0.456 e. The Morgan fingerprint density at radius 2 is 2.00 bits per heavy atom. The predicted octanol–water partition coefficient (Wildman–Crippen LogP) is 4.62. The fourth-order valence-corrected chi connectivity index (χ4v) is 2.41. The Kier molecular flexibility index (Phi) is 3.24. The molecule has 0 amide bonds. The first-order valence-corrected chi connectivity index (χ1v) is 6.56. The number of halogens is 2. The van der Waals surface area contributed by atoms with Crippen LogP contribution in [-0.2, 0) is 0 Å². The molecule has 1 atom stereocenters. The number of para-hydroxylation sites is 1. The fourth-order valence-electron chi connectivity index (χ4n) is 2.19. The standard InChI is InChI=1S/C16H12ClFO2/c1-9-5-6-11(13(18)7-9)15(19)14-8-10-3-2-4-12(17)16(10)20-14/h2-8,15,19H,1H3. The lowest BCUT2D eigenvalue weighted by Gasteiger charge is -2.09. The molecular formula is C16H12ClFO2. The van der Waals surface area contributed by atoms with Crippen LogP contribution >= 0.6 is 11.6 Å². The molecule has 0 aliphatic heterocycles. The number of fused-ring (bicyclic) bond motifs is 1. The van der Waals surface area contributed by atoms with Gasteiger partial charge in [0.1, 0.15) is 17.7 Å². The molecule has 1 unspecified atom stereocenters. The summed E-state index contributed by atoms with van der Waals surface area (Å²) in [5.74, 6) is -0.181. The molecule has 2 nitrogen and oxygen atoms in total. The molecule has 0 bridgehead atoms. The van der Waals surface area contributed by atoms with Gasteiger partial charge in [-0.15, -0.1) is 0 Å². The van der Waals surface area contributed by atoms with Gasteiger partial charge in [0, 0.05) is 10.9 Å². The molecule has 0 saturated heterocycles. The van der Waals surface area contributed by atoms with E-state index in [1.165, 1.54) is 6.07 Å². The molecule has 1 heterocycles. The largest absolute Gasteiger partial charge is 0.456 e. The van der Waals surface area contributed by atoms with Gasteiger partial charge in [-0.2, -0.15) is 0 Å². The molecule has 102 valence electrons. The van der Waals surface area contributed by atoms with E-state index in [2.05, 4.69) is 0 Å². The van der Waals surface area contributed by atoms with Crippen molar-refractivity contribution in [3.05, 3.63) is 70.2 Å². The number of furan rings is 1. The summed E-state index contributed by atoms with van der Waals surface area (Å²) in [6.07, 6.45) is -1.15. The van der Waals surface area contributed by atoms with Crippen molar-refractivity contribution in [1.82, 2.24) is 0 Å². The van der Waals surface area contributed by atoms with Gasteiger partial charge in [-0.05, 0) is 30.7 Å². The van der Waals surface area contributed by atoms with E-state index >= 15 is 0 Å². The number of hydrogen-bond donors (Lipinski definition) is 1. The van der Waals surface area contributed by atoms with Crippen LogP contribution in [0.15, 0.2) is 46.9 Å². The van der Waals surface area contributed by atoms with E-state index < -0.39 is 11.9 Å². The van der Waals surface area contributed by atoms with Crippen molar-refractivity contribution in [2.24, 2.45) is 0 Å². The third-order valence-corrected chi connectivity index (χ3v) is 3.53. The zero-order valence-corrected chi connectivity index (χ0v) is 11.5. The van der Waals surface area contributed by atoms with Crippen LogP contribution in [0.4, 0.5) is 4.39 Å². The molecule has 3 aromatic rings. The van der Waals surface area contributed by atoms with Crippen LogP contribution in [0.5, 0.6) is 0 Å². The van der Waals surface area contributed by atoms with Gasteiger partial charge in [-0.25, -0.2) is 4.39 Å². The van der Waals surface area contributed by atoms with Crippen LogP contribution < -0.4 is 0 Å². The lowest BCUT2D eigenvalue weighted by molar-refractivity contribution is 0.187. The molecule has 1 N–H and O–H groups in total. The second-order valence-corrected chi connectivity index (χ2v) is 5.14. The molecule has 1 aromatic heterocycles. The smallest absolute Gasteiger partial charge is 0.153 e. The first-order valence-electron chi connectivity index (χ1n) is 6.18. The van der Waals surface area contributed by atoms with Gasteiger partial charge in [0.15, 0.2) is 5.58 Å². The highest BCUT2D eigenvalue weighted by molar-refractivity contribution is 6.34. The molecule has 0 aliphatic rings. The van der Waals surface area contributed by atoms with E-state index in [-0.39, 0.29) is 11.3 Å². The average Bonchev–Trinajstić information content (AvgIpc) is 2.83. The highest BCUT2D eigenvalue weighted by Crippen LogP contribution is 2.32. The lowest BCUT2D eigenvalue weighted by atomic mass is 10.0. The fraction of sp³-hybridized carbons (Fsp3) is 0.125. The van der Waals surface area contributed by atoms with Crippen molar-refractivity contribution >= 4 is 22.6 Å². The van der Waals surface area contributed by atoms with E-state index in [4.69, 9.17) is 16.0 Å².